The number of aromatic carboxylic acids is 1. The molecule has 1 aliphatic rings. The molecule has 118 valence electrons. The Hall–Kier alpha value is -1.36. The van der Waals surface area contributed by atoms with Crippen molar-refractivity contribution >= 4 is 5.97 Å². The Morgan fingerprint density at radius 2 is 1.95 bits per heavy atom. The third-order valence-corrected chi connectivity index (χ3v) is 4.49. The van der Waals surface area contributed by atoms with Crippen LogP contribution in [0.3, 0.4) is 0 Å². The summed E-state index contributed by atoms with van der Waals surface area (Å²) in [6.07, 6.45) is 4.29. The maximum atomic E-state index is 11.2. The number of methoxy groups -OCH3 is 1. The molecule has 1 N–H and O–H groups in total. The first kappa shape index (κ1) is 16.0. The molecule has 0 amide bonds. The van der Waals surface area contributed by atoms with Gasteiger partial charge in [-0.2, -0.15) is 0 Å². The van der Waals surface area contributed by atoms with Crippen LogP contribution in [0, 0.1) is 11.3 Å². The summed E-state index contributed by atoms with van der Waals surface area (Å²) in [6.45, 7) is 7.01. The molecule has 0 saturated heterocycles. The molecule has 0 spiro atoms. The fourth-order valence-corrected chi connectivity index (χ4v) is 3.15. The number of aromatic nitrogens is 1. The number of carbonyl (C=O) groups is 1. The molecule has 0 radical (unpaired) electrons. The third kappa shape index (κ3) is 3.64. The van der Waals surface area contributed by atoms with Gasteiger partial charge in [-0.05, 0) is 37.0 Å². The second-order valence-electron chi connectivity index (χ2n) is 6.98. The first-order valence-corrected chi connectivity index (χ1v) is 7.54. The summed E-state index contributed by atoms with van der Waals surface area (Å²) in [4.78, 5) is 15.5. The van der Waals surface area contributed by atoms with Crippen molar-refractivity contribution in [1.29, 1.82) is 0 Å². The average molecular weight is 295 g/mol. The highest BCUT2D eigenvalue weighted by Gasteiger charge is 2.33. The van der Waals surface area contributed by atoms with E-state index < -0.39 is 5.97 Å². The van der Waals surface area contributed by atoms with Crippen molar-refractivity contribution in [2.75, 3.05) is 7.11 Å². The largest absolute Gasteiger partial charge is 0.475 e. The first-order chi connectivity index (χ1) is 9.82. The van der Waals surface area contributed by atoms with Crippen molar-refractivity contribution in [3.8, 4) is 0 Å². The third-order valence-electron chi connectivity index (χ3n) is 4.49. The highest BCUT2D eigenvalue weighted by molar-refractivity contribution is 5.85. The zero-order chi connectivity index (χ0) is 15.6. The SMILES string of the molecule is COCc1nc(C2CCC(C(C)(C)C)CC2)oc1C(=O)O. The van der Waals surface area contributed by atoms with E-state index in [1.165, 1.54) is 7.11 Å². The molecule has 5 nitrogen and oxygen atoms in total. The van der Waals surface area contributed by atoms with Gasteiger partial charge in [0.1, 0.15) is 5.69 Å². The van der Waals surface area contributed by atoms with Crippen molar-refractivity contribution in [3.05, 3.63) is 17.3 Å². The minimum Gasteiger partial charge on any atom is -0.475 e. The Kier molecular flexibility index (Phi) is 4.71. The number of oxazole rings is 1. The second kappa shape index (κ2) is 6.18. The number of nitrogens with zero attached hydrogens (tertiary/aromatic N) is 1. The Morgan fingerprint density at radius 1 is 1.33 bits per heavy atom. The molecular weight excluding hydrogens is 270 g/mol. The van der Waals surface area contributed by atoms with Gasteiger partial charge in [0.25, 0.3) is 0 Å². The lowest BCUT2D eigenvalue weighted by atomic mass is 9.70. The Bertz CT molecular complexity index is 493. The van der Waals surface area contributed by atoms with Gasteiger partial charge in [0.05, 0.1) is 6.61 Å². The van der Waals surface area contributed by atoms with Gasteiger partial charge in [0, 0.05) is 13.0 Å². The number of carboxylic acid groups (broad SMARTS) is 1. The lowest BCUT2D eigenvalue weighted by Gasteiger charge is -2.36. The highest BCUT2D eigenvalue weighted by Crippen LogP contribution is 2.43. The van der Waals surface area contributed by atoms with Gasteiger partial charge in [-0.1, -0.05) is 20.8 Å². The minimum atomic E-state index is -1.08. The van der Waals surface area contributed by atoms with Crippen LogP contribution in [0.15, 0.2) is 4.42 Å². The van der Waals surface area contributed by atoms with Crippen LogP contribution in [0.2, 0.25) is 0 Å². The van der Waals surface area contributed by atoms with Crippen LogP contribution in [-0.4, -0.2) is 23.2 Å². The van der Waals surface area contributed by atoms with Gasteiger partial charge in [0.2, 0.25) is 5.76 Å². The van der Waals surface area contributed by atoms with E-state index in [0.29, 0.717) is 22.9 Å². The van der Waals surface area contributed by atoms with Gasteiger partial charge >= 0.3 is 5.97 Å². The van der Waals surface area contributed by atoms with Crippen LogP contribution in [-0.2, 0) is 11.3 Å². The van der Waals surface area contributed by atoms with Crippen molar-refractivity contribution in [2.24, 2.45) is 11.3 Å². The smallest absolute Gasteiger partial charge is 0.373 e. The molecule has 0 bridgehead atoms. The van der Waals surface area contributed by atoms with E-state index in [4.69, 9.17) is 14.3 Å². The van der Waals surface area contributed by atoms with E-state index in [1.807, 2.05) is 0 Å². The number of ether oxygens (including phenoxy) is 1. The van der Waals surface area contributed by atoms with Crippen molar-refractivity contribution in [3.63, 3.8) is 0 Å². The Labute approximate surface area is 125 Å². The highest BCUT2D eigenvalue weighted by atomic mass is 16.5. The van der Waals surface area contributed by atoms with Crippen molar-refractivity contribution < 1.29 is 19.1 Å². The summed E-state index contributed by atoms with van der Waals surface area (Å²) in [6, 6.07) is 0. The lowest BCUT2D eigenvalue weighted by Crippen LogP contribution is -2.25. The molecule has 21 heavy (non-hydrogen) atoms. The molecular formula is C16H25NO4. The maximum Gasteiger partial charge on any atom is 0.373 e. The molecule has 0 aromatic carbocycles. The molecule has 0 aliphatic heterocycles. The number of carboxylic acids is 1. The predicted octanol–water partition coefficient (Wildman–Crippen LogP) is 3.84. The summed E-state index contributed by atoms with van der Waals surface area (Å²) in [5.74, 6) is 0.342. The van der Waals surface area contributed by atoms with E-state index in [2.05, 4.69) is 25.8 Å². The molecule has 0 unspecified atom stereocenters. The van der Waals surface area contributed by atoms with Crippen LogP contribution in [0.4, 0.5) is 0 Å². The maximum absolute atomic E-state index is 11.2. The molecule has 0 atom stereocenters. The number of rotatable bonds is 4. The van der Waals surface area contributed by atoms with Crippen LogP contribution < -0.4 is 0 Å². The zero-order valence-electron chi connectivity index (χ0n) is 13.3. The van der Waals surface area contributed by atoms with Gasteiger partial charge < -0.3 is 14.3 Å². The van der Waals surface area contributed by atoms with E-state index in [9.17, 15) is 4.79 Å². The van der Waals surface area contributed by atoms with Crippen LogP contribution >= 0.6 is 0 Å². The monoisotopic (exact) mass is 295 g/mol. The quantitative estimate of drug-likeness (QED) is 0.913. The van der Waals surface area contributed by atoms with Crippen molar-refractivity contribution in [1.82, 2.24) is 4.98 Å². The average Bonchev–Trinajstić information content (AvgIpc) is 2.82. The van der Waals surface area contributed by atoms with E-state index in [-0.39, 0.29) is 18.3 Å². The molecule has 1 aromatic heterocycles. The molecule has 1 fully saturated rings. The molecule has 2 rings (SSSR count). The fraction of sp³-hybridized carbons (Fsp3) is 0.750. The topological polar surface area (TPSA) is 72.6 Å². The number of hydrogen-bond acceptors (Lipinski definition) is 4. The summed E-state index contributed by atoms with van der Waals surface area (Å²) >= 11 is 0. The second-order valence-corrected chi connectivity index (χ2v) is 6.98. The van der Waals surface area contributed by atoms with Crippen LogP contribution in [0.5, 0.6) is 0 Å². The summed E-state index contributed by atoms with van der Waals surface area (Å²) in [5, 5.41) is 9.16. The normalized spacial score (nSPS) is 23.2. The van der Waals surface area contributed by atoms with Gasteiger partial charge in [-0.15, -0.1) is 0 Å². The van der Waals surface area contributed by atoms with Crippen LogP contribution in [0.25, 0.3) is 0 Å². The zero-order valence-corrected chi connectivity index (χ0v) is 13.3. The van der Waals surface area contributed by atoms with E-state index in [0.717, 1.165) is 25.7 Å². The van der Waals surface area contributed by atoms with Crippen molar-refractivity contribution in [2.45, 2.75) is 59.0 Å². The summed E-state index contributed by atoms with van der Waals surface area (Å²) < 4.78 is 10.5. The molecule has 1 aliphatic carbocycles. The van der Waals surface area contributed by atoms with Crippen LogP contribution in [0.1, 0.15) is 74.5 Å². The van der Waals surface area contributed by atoms with E-state index in [1.54, 1.807) is 0 Å². The van der Waals surface area contributed by atoms with Gasteiger partial charge in [-0.25, -0.2) is 9.78 Å². The summed E-state index contributed by atoms with van der Waals surface area (Å²) in [5.41, 5.74) is 0.715. The predicted molar refractivity (Wildman–Crippen MR) is 78.3 cm³/mol. The van der Waals surface area contributed by atoms with E-state index >= 15 is 0 Å². The fourth-order valence-electron chi connectivity index (χ4n) is 3.15. The molecule has 5 heteroatoms. The molecule has 1 heterocycles. The molecule has 1 saturated carbocycles. The first-order valence-electron chi connectivity index (χ1n) is 7.54. The Morgan fingerprint density at radius 3 is 2.43 bits per heavy atom. The van der Waals surface area contributed by atoms with Gasteiger partial charge in [0.15, 0.2) is 5.89 Å². The number of hydrogen-bond donors (Lipinski definition) is 1. The minimum absolute atomic E-state index is 0.0789. The Balaban J connectivity index is 2.10. The lowest BCUT2D eigenvalue weighted by molar-refractivity contribution is 0.0651. The molecule has 1 aromatic rings. The standard InChI is InChI=1S/C16H25NO4/c1-16(2,3)11-7-5-10(6-8-11)14-17-12(9-20-4)13(21-14)15(18)19/h10-11H,5-9H2,1-4H3,(H,18,19). The summed E-state index contributed by atoms with van der Waals surface area (Å²) in [7, 11) is 1.52. The van der Waals surface area contributed by atoms with Gasteiger partial charge in [-0.3, -0.25) is 0 Å².